The monoisotopic (exact) mass is 170 g/mol. The van der Waals surface area contributed by atoms with E-state index in [-0.39, 0.29) is 11.8 Å². The van der Waals surface area contributed by atoms with E-state index in [1.165, 1.54) is 7.11 Å². The molecule has 0 bridgehead atoms. The lowest BCUT2D eigenvalue weighted by Crippen LogP contribution is -2.39. The molecule has 0 heterocycles. The minimum atomic E-state index is -0.854. The molecular formula is C9H14O3. The lowest BCUT2D eigenvalue weighted by Gasteiger charge is -2.28. The maximum Gasteiger partial charge on any atom is 0.319 e. The summed E-state index contributed by atoms with van der Waals surface area (Å²) >= 11 is 0. The third kappa shape index (κ3) is 1.36. The van der Waals surface area contributed by atoms with Crippen molar-refractivity contribution in [3.63, 3.8) is 0 Å². The summed E-state index contributed by atoms with van der Waals surface area (Å²) in [5, 5.41) is 0. The summed E-state index contributed by atoms with van der Waals surface area (Å²) in [6.07, 6.45) is 3.01. The molecule has 0 unspecified atom stereocenters. The van der Waals surface area contributed by atoms with Crippen LogP contribution in [0.25, 0.3) is 0 Å². The average Bonchev–Trinajstić information content (AvgIpc) is 2.09. The zero-order valence-corrected chi connectivity index (χ0v) is 7.55. The van der Waals surface area contributed by atoms with E-state index >= 15 is 0 Å². The molecule has 1 rings (SSSR count). The Kier molecular flexibility index (Phi) is 2.50. The van der Waals surface area contributed by atoms with Gasteiger partial charge >= 0.3 is 5.97 Å². The summed E-state index contributed by atoms with van der Waals surface area (Å²) in [6.45, 7) is 1.68. The van der Waals surface area contributed by atoms with Gasteiger partial charge < -0.3 is 4.74 Å². The van der Waals surface area contributed by atoms with Gasteiger partial charge in [-0.1, -0.05) is 6.42 Å². The third-order valence-electron chi connectivity index (χ3n) is 2.58. The predicted octanol–water partition coefficient (Wildman–Crippen LogP) is 1.31. The molecule has 0 aromatic rings. The summed E-state index contributed by atoms with van der Waals surface area (Å²) < 4.78 is 4.60. The maximum absolute atomic E-state index is 11.4. The van der Waals surface area contributed by atoms with Crippen molar-refractivity contribution in [2.45, 2.75) is 32.6 Å². The number of hydrogen-bond donors (Lipinski definition) is 0. The molecule has 0 radical (unpaired) electrons. The van der Waals surface area contributed by atoms with Crippen LogP contribution < -0.4 is 0 Å². The van der Waals surface area contributed by atoms with Crippen molar-refractivity contribution < 1.29 is 14.3 Å². The van der Waals surface area contributed by atoms with Crippen molar-refractivity contribution in [3.05, 3.63) is 0 Å². The van der Waals surface area contributed by atoms with E-state index in [0.29, 0.717) is 12.8 Å². The largest absolute Gasteiger partial charge is 0.468 e. The fraction of sp³-hybridized carbons (Fsp3) is 0.778. The summed E-state index contributed by atoms with van der Waals surface area (Å²) in [5.74, 6) is -0.354. The van der Waals surface area contributed by atoms with Crippen LogP contribution in [0.3, 0.4) is 0 Å². The van der Waals surface area contributed by atoms with E-state index in [0.717, 1.165) is 12.8 Å². The number of ether oxygens (including phenoxy) is 1. The highest BCUT2D eigenvalue weighted by Crippen LogP contribution is 2.33. The average molecular weight is 170 g/mol. The second kappa shape index (κ2) is 3.25. The van der Waals surface area contributed by atoms with Gasteiger partial charge in [0.05, 0.1) is 7.11 Å². The van der Waals surface area contributed by atoms with Crippen molar-refractivity contribution in [1.29, 1.82) is 0 Å². The van der Waals surface area contributed by atoms with Crippen LogP contribution in [0.15, 0.2) is 0 Å². The molecule has 0 aliphatic heterocycles. The highest BCUT2D eigenvalue weighted by atomic mass is 16.5. The van der Waals surface area contributed by atoms with Gasteiger partial charge in [0.15, 0.2) is 0 Å². The summed E-state index contributed by atoms with van der Waals surface area (Å²) in [6, 6.07) is 0. The fourth-order valence-electron chi connectivity index (χ4n) is 1.62. The SMILES string of the molecule is COC(=O)[C@]1(C)CCCCC1=O. The van der Waals surface area contributed by atoms with Gasteiger partial charge in [0.2, 0.25) is 0 Å². The minimum absolute atomic E-state index is 0.0283. The quantitative estimate of drug-likeness (QED) is 0.440. The summed E-state index contributed by atoms with van der Waals surface area (Å²) in [7, 11) is 1.33. The van der Waals surface area contributed by atoms with Crippen molar-refractivity contribution in [2.24, 2.45) is 5.41 Å². The van der Waals surface area contributed by atoms with Crippen molar-refractivity contribution in [3.8, 4) is 0 Å². The molecule has 0 N–H and O–H groups in total. The van der Waals surface area contributed by atoms with Gasteiger partial charge in [-0.15, -0.1) is 0 Å². The summed E-state index contributed by atoms with van der Waals surface area (Å²) in [4.78, 5) is 22.7. The number of rotatable bonds is 1. The minimum Gasteiger partial charge on any atom is -0.468 e. The van der Waals surface area contributed by atoms with Crippen molar-refractivity contribution in [2.75, 3.05) is 7.11 Å². The smallest absolute Gasteiger partial charge is 0.319 e. The number of Topliss-reactive ketones (excluding diaryl/α,β-unsaturated/α-hetero) is 1. The van der Waals surface area contributed by atoms with Gasteiger partial charge in [-0.3, -0.25) is 9.59 Å². The number of carbonyl (C=O) groups excluding carboxylic acids is 2. The van der Waals surface area contributed by atoms with Crippen LogP contribution in [0.2, 0.25) is 0 Å². The van der Waals surface area contributed by atoms with Crippen molar-refractivity contribution in [1.82, 2.24) is 0 Å². The number of hydrogen-bond acceptors (Lipinski definition) is 3. The van der Waals surface area contributed by atoms with Crippen LogP contribution in [-0.2, 0) is 14.3 Å². The zero-order chi connectivity index (χ0) is 9.19. The molecule has 1 aliphatic carbocycles. The highest BCUT2D eigenvalue weighted by molar-refractivity contribution is 6.03. The van der Waals surface area contributed by atoms with Crippen LogP contribution in [0, 0.1) is 5.41 Å². The van der Waals surface area contributed by atoms with E-state index in [1.54, 1.807) is 6.92 Å². The third-order valence-corrected chi connectivity index (χ3v) is 2.58. The van der Waals surface area contributed by atoms with Gasteiger partial charge in [0.25, 0.3) is 0 Å². The summed E-state index contributed by atoms with van der Waals surface area (Å²) in [5.41, 5.74) is -0.854. The fourth-order valence-corrected chi connectivity index (χ4v) is 1.62. The first kappa shape index (κ1) is 9.23. The van der Waals surface area contributed by atoms with Crippen LogP contribution in [0.1, 0.15) is 32.6 Å². The first-order valence-corrected chi connectivity index (χ1v) is 4.23. The Hall–Kier alpha value is -0.860. The molecule has 0 aromatic carbocycles. The predicted molar refractivity (Wildman–Crippen MR) is 43.6 cm³/mol. The Labute approximate surface area is 72.1 Å². The highest BCUT2D eigenvalue weighted by Gasteiger charge is 2.42. The molecule has 0 spiro atoms. The Balaban J connectivity index is 2.79. The molecule has 68 valence electrons. The molecule has 0 saturated heterocycles. The zero-order valence-electron chi connectivity index (χ0n) is 7.55. The first-order valence-electron chi connectivity index (χ1n) is 4.23. The topological polar surface area (TPSA) is 43.4 Å². The van der Waals surface area contributed by atoms with Crippen LogP contribution in [0.4, 0.5) is 0 Å². The normalized spacial score (nSPS) is 30.0. The van der Waals surface area contributed by atoms with E-state index in [1.807, 2.05) is 0 Å². The molecule has 1 aliphatic rings. The van der Waals surface area contributed by atoms with Crippen LogP contribution >= 0.6 is 0 Å². The lowest BCUT2D eigenvalue weighted by atomic mass is 9.75. The molecule has 3 nitrogen and oxygen atoms in total. The molecule has 0 aromatic heterocycles. The van der Waals surface area contributed by atoms with E-state index in [2.05, 4.69) is 4.74 Å². The lowest BCUT2D eigenvalue weighted by molar-refractivity contribution is -0.158. The second-order valence-electron chi connectivity index (χ2n) is 3.45. The van der Waals surface area contributed by atoms with E-state index in [4.69, 9.17) is 0 Å². The number of carbonyl (C=O) groups is 2. The standard InChI is InChI=1S/C9H14O3/c1-9(8(11)12-2)6-4-3-5-7(9)10/h3-6H2,1-2H3/t9-/m1/s1. The Morgan fingerprint density at radius 3 is 2.67 bits per heavy atom. The van der Waals surface area contributed by atoms with Gasteiger partial charge in [-0.25, -0.2) is 0 Å². The first-order chi connectivity index (χ1) is 5.61. The number of esters is 1. The molecular weight excluding hydrogens is 156 g/mol. The molecule has 0 amide bonds. The van der Waals surface area contributed by atoms with Crippen LogP contribution in [-0.4, -0.2) is 18.9 Å². The number of ketones is 1. The Morgan fingerprint density at radius 2 is 2.17 bits per heavy atom. The molecule has 12 heavy (non-hydrogen) atoms. The van der Waals surface area contributed by atoms with E-state index < -0.39 is 5.41 Å². The van der Waals surface area contributed by atoms with E-state index in [9.17, 15) is 9.59 Å². The van der Waals surface area contributed by atoms with Gasteiger partial charge in [-0.2, -0.15) is 0 Å². The van der Waals surface area contributed by atoms with Crippen LogP contribution in [0.5, 0.6) is 0 Å². The van der Waals surface area contributed by atoms with Gasteiger partial charge in [-0.05, 0) is 19.8 Å². The Morgan fingerprint density at radius 1 is 1.50 bits per heavy atom. The molecule has 1 fully saturated rings. The van der Waals surface area contributed by atoms with Gasteiger partial charge in [0, 0.05) is 6.42 Å². The molecule has 1 atom stereocenters. The molecule has 3 heteroatoms. The van der Waals surface area contributed by atoms with Crippen molar-refractivity contribution >= 4 is 11.8 Å². The second-order valence-corrected chi connectivity index (χ2v) is 3.45. The Bertz CT molecular complexity index is 200. The van der Waals surface area contributed by atoms with Gasteiger partial charge in [0.1, 0.15) is 11.2 Å². The maximum atomic E-state index is 11.4. The number of methoxy groups -OCH3 is 1. The molecule has 1 saturated carbocycles.